The number of para-hydroxylation sites is 1. The maximum Gasteiger partial charge on any atom is 0.228 e. The Labute approximate surface area is 152 Å². The van der Waals surface area contributed by atoms with Crippen LogP contribution < -0.4 is 10.6 Å². The van der Waals surface area contributed by atoms with E-state index in [1.807, 2.05) is 32.0 Å². The smallest absolute Gasteiger partial charge is 0.228 e. The molecule has 0 saturated heterocycles. The molecule has 0 aliphatic carbocycles. The average molecular weight is 349 g/mol. The van der Waals surface area contributed by atoms with E-state index in [1.165, 1.54) is 6.07 Å². The summed E-state index contributed by atoms with van der Waals surface area (Å²) >= 11 is 0. The minimum atomic E-state index is -0.381. The van der Waals surface area contributed by atoms with Crippen molar-refractivity contribution in [3.05, 3.63) is 83.3 Å². The molecule has 0 atom stereocenters. The molecule has 0 saturated carbocycles. The van der Waals surface area contributed by atoms with Crippen molar-refractivity contribution < 1.29 is 9.18 Å². The molecule has 3 rings (SSSR count). The highest BCUT2D eigenvalue weighted by molar-refractivity contribution is 5.92. The first-order chi connectivity index (χ1) is 12.5. The third-order valence-electron chi connectivity index (χ3n) is 4.09. The van der Waals surface area contributed by atoms with Crippen LogP contribution in [0.2, 0.25) is 0 Å². The van der Waals surface area contributed by atoms with Crippen LogP contribution in [0.3, 0.4) is 0 Å². The fourth-order valence-corrected chi connectivity index (χ4v) is 2.70. The first kappa shape index (κ1) is 17.6. The van der Waals surface area contributed by atoms with Crippen molar-refractivity contribution in [2.45, 2.75) is 20.3 Å². The van der Waals surface area contributed by atoms with Crippen molar-refractivity contribution in [3.8, 4) is 0 Å². The fraction of sp³-hybridized carbons (Fsp3) is 0.143. The Balaban J connectivity index is 1.64. The highest BCUT2D eigenvalue weighted by Crippen LogP contribution is 2.23. The molecular formula is C21H20FN3O. The number of amides is 1. The van der Waals surface area contributed by atoms with Gasteiger partial charge in [-0.3, -0.25) is 4.79 Å². The number of carbonyl (C=O) groups excluding carboxylic acids is 1. The molecule has 2 aromatic carbocycles. The first-order valence-corrected chi connectivity index (χ1v) is 8.35. The summed E-state index contributed by atoms with van der Waals surface area (Å²) in [5.74, 6) is 0.0239. The number of halogens is 1. The van der Waals surface area contributed by atoms with Gasteiger partial charge in [-0.25, -0.2) is 9.37 Å². The van der Waals surface area contributed by atoms with Gasteiger partial charge in [-0.1, -0.05) is 36.4 Å². The maximum atomic E-state index is 13.6. The van der Waals surface area contributed by atoms with E-state index in [9.17, 15) is 9.18 Å². The number of carbonyl (C=O) groups is 1. The molecular weight excluding hydrogens is 329 g/mol. The number of pyridine rings is 1. The van der Waals surface area contributed by atoms with Gasteiger partial charge in [0.2, 0.25) is 5.91 Å². The number of aromatic nitrogens is 1. The normalized spacial score (nSPS) is 10.4. The lowest BCUT2D eigenvalue weighted by atomic mass is 10.1. The van der Waals surface area contributed by atoms with Crippen LogP contribution in [0.5, 0.6) is 0 Å². The van der Waals surface area contributed by atoms with Crippen LogP contribution in [0.1, 0.15) is 16.7 Å². The summed E-state index contributed by atoms with van der Waals surface area (Å²) in [5, 5.41) is 6.03. The van der Waals surface area contributed by atoms with Gasteiger partial charge < -0.3 is 10.6 Å². The van der Waals surface area contributed by atoms with E-state index in [0.717, 1.165) is 16.8 Å². The second-order valence-corrected chi connectivity index (χ2v) is 6.14. The van der Waals surface area contributed by atoms with Crippen molar-refractivity contribution in [2.24, 2.45) is 0 Å². The number of anilines is 3. The van der Waals surface area contributed by atoms with Crippen LogP contribution in [0.15, 0.2) is 60.8 Å². The van der Waals surface area contributed by atoms with Gasteiger partial charge in [-0.05, 0) is 48.7 Å². The van der Waals surface area contributed by atoms with E-state index < -0.39 is 0 Å². The molecule has 5 heteroatoms. The van der Waals surface area contributed by atoms with E-state index in [-0.39, 0.29) is 18.1 Å². The van der Waals surface area contributed by atoms with Crippen molar-refractivity contribution in [2.75, 3.05) is 10.6 Å². The minimum Gasteiger partial charge on any atom is -0.340 e. The zero-order valence-corrected chi connectivity index (χ0v) is 14.7. The lowest BCUT2D eigenvalue weighted by Gasteiger charge is -2.12. The zero-order chi connectivity index (χ0) is 18.5. The molecule has 0 radical (unpaired) electrons. The summed E-state index contributed by atoms with van der Waals surface area (Å²) in [6.07, 6.45) is 1.56. The van der Waals surface area contributed by atoms with Crippen LogP contribution in [-0.2, 0) is 11.2 Å². The Kier molecular flexibility index (Phi) is 5.27. The summed E-state index contributed by atoms with van der Waals surface area (Å²) in [6.45, 7) is 4.07. The van der Waals surface area contributed by atoms with Gasteiger partial charge in [0, 0.05) is 5.69 Å². The largest absolute Gasteiger partial charge is 0.340 e. The topological polar surface area (TPSA) is 54.0 Å². The molecule has 2 N–H and O–H groups in total. The van der Waals surface area contributed by atoms with Crippen LogP contribution in [0.4, 0.5) is 21.6 Å². The molecule has 4 nitrogen and oxygen atoms in total. The van der Waals surface area contributed by atoms with Crippen molar-refractivity contribution >= 4 is 23.1 Å². The summed E-state index contributed by atoms with van der Waals surface area (Å²) in [5.41, 5.74) is 4.23. The van der Waals surface area contributed by atoms with Crippen molar-refractivity contribution in [1.29, 1.82) is 0 Å². The molecule has 0 aliphatic rings. The molecule has 0 bridgehead atoms. The van der Waals surface area contributed by atoms with E-state index in [1.54, 1.807) is 36.5 Å². The number of hydrogen-bond acceptors (Lipinski definition) is 3. The maximum absolute atomic E-state index is 13.6. The summed E-state index contributed by atoms with van der Waals surface area (Å²) < 4.78 is 13.6. The second-order valence-electron chi connectivity index (χ2n) is 6.14. The van der Waals surface area contributed by atoms with E-state index in [0.29, 0.717) is 17.1 Å². The quantitative estimate of drug-likeness (QED) is 0.698. The SMILES string of the molecule is Cc1cccc(C)c1Nc1ccc(NC(=O)Cc2ccccc2F)cn1. The molecule has 132 valence electrons. The Morgan fingerprint density at radius 1 is 1.00 bits per heavy atom. The van der Waals surface area contributed by atoms with Crippen LogP contribution in [0.25, 0.3) is 0 Å². The second kappa shape index (κ2) is 7.78. The summed E-state index contributed by atoms with van der Waals surface area (Å²) in [6, 6.07) is 15.9. The number of nitrogens with zero attached hydrogens (tertiary/aromatic N) is 1. The predicted octanol–water partition coefficient (Wildman–Crippen LogP) is 4.76. The molecule has 1 heterocycles. The number of benzene rings is 2. The summed E-state index contributed by atoms with van der Waals surface area (Å²) in [7, 11) is 0. The lowest BCUT2D eigenvalue weighted by molar-refractivity contribution is -0.115. The van der Waals surface area contributed by atoms with Gasteiger partial charge in [0.25, 0.3) is 0 Å². The average Bonchev–Trinajstić information content (AvgIpc) is 2.62. The Morgan fingerprint density at radius 2 is 1.73 bits per heavy atom. The zero-order valence-electron chi connectivity index (χ0n) is 14.7. The lowest BCUT2D eigenvalue weighted by Crippen LogP contribution is -2.15. The Hall–Kier alpha value is -3.21. The molecule has 1 amide bonds. The standard InChI is InChI=1S/C21H20FN3O/c1-14-6-5-7-15(2)21(14)25-19-11-10-17(13-23-19)24-20(26)12-16-8-3-4-9-18(16)22/h3-11,13H,12H2,1-2H3,(H,23,25)(H,24,26). The molecule has 3 aromatic rings. The van der Waals surface area contributed by atoms with Gasteiger partial charge in [-0.2, -0.15) is 0 Å². The molecule has 0 unspecified atom stereocenters. The Morgan fingerprint density at radius 3 is 2.38 bits per heavy atom. The van der Waals surface area contributed by atoms with Crippen LogP contribution >= 0.6 is 0 Å². The number of aryl methyl sites for hydroxylation is 2. The van der Waals surface area contributed by atoms with Crippen molar-refractivity contribution in [3.63, 3.8) is 0 Å². The number of nitrogens with one attached hydrogen (secondary N) is 2. The molecule has 0 spiro atoms. The van der Waals surface area contributed by atoms with Crippen LogP contribution in [-0.4, -0.2) is 10.9 Å². The van der Waals surface area contributed by atoms with Crippen molar-refractivity contribution in [1.82, 2.24) is 4.98 Å². The van der Waals surface area contributed by atoms with Gasteiger partial charge >= 0.3 is 0 Å². The monoisotopic (exact) mass is 349 g/mol. The van der Waals surface area contributed by atoms with Crippen LogP contribution in [0, 0.1) is 19.7 Å². The highest BCUT2D eigenvalue weighted by Gasteiger charge is 2.09. The summed E-state index contributed by atoms with van der Waals surface area (Å²) in [4.78, 5) is 16.4. The fourth-order valence-electron chi connectivity index (χ4n) is 2.70. The molecule has 0 aliphatic heterocycles. The molecule has 26 heavy (non-hydrogen) atoms. The molecule has 0 fully saturated rings. The van der Waals surface area contributed by atoms with E-state index >= 15 is 0 Å². The number of rotatable bonds is 5. The van der Waals surface area contributed by atoms with Gasteiger partial charge in [0.1, 0.15) is 11.6 Å². The first-order valence-electron chi connectivity index (χ1n) is 8.35. The van der Waals surface area contributed by atoms with Gasteiger partial charge in [-0.15, -0.1) is 0 Å². The predicted molar refractivity (Wildman–Crippen MR) is 102 cm³/mol. The Bertz CT molecular complexity index is 903. The third kappa shape index (κ3) is 4.25. The minimum absolute atomic E-state index is 0.0188. The number of hydrogen-bond donors (Lipinski definition) is 2. The van der Waals surface area contributed by atoms with E-state index in [2.05, 4.69) is 15.6 Å². The molecule has 1 aromatic heterocycles. The van der Waals surface area contributed by atoms with E-state index in [4.69, 9.17) is 0 Å². The van der Waals surface area contributed by atoms with Gasteiger partial charge in [0.15, 0.2) is 0 Å². The van der Waals surface area contributed by atoms with Gasteiger partial charge in [0.05, 0.1) is 18.3 Å². The third-order valence-corrected chi connectivity index (χ3v) is 4.09. The highest BCUT2D eigenvalue weighted by atomic mass is 19.1.